The van der Waals surface area contributed by atoms with Gasteiger partial charge in [-0.25, -0.2) is 12.7 Å². The van der Waals surface area contributed by atoms with Crippen LogP contribution in [0.3, 0.4) is 0 Å². The number of piperidine rings is 1. The van der Waals surface area contributed by atoms with Gasteiger partial charge in [0.25, 0.3) is 0 Å². The summed E-state index contributed by atoms with van der Waals surface area (Å²) in [4.78, 5) is 12.5. The number of carbonyl (C=O) groups excluding carboxylic acids is 1. The number of unbranched alkanes of at least 4 members (excludes halogenated alkanes) is 1. The number of rotatable bonds is 7. The van der Waals surface area contributed by atoms with Crippen molar-refractivity contribution >= 4 is 21.6 Å². The number of nitrogens with one attached hydrogen (secondary N) is 1. The Bertz CT molecular complexity index is 695. The van der Waals surface area contributed by atoms with Crippen molar-refractivity contribution in [2.45, 2.75) is 39.5 Å². The molecule has 1 heterocycles. The van der Waals surface area contributed by atoms with Crippen LogP contribution in [0.15, 0.2) is 18.2 Å². The molecule has 140 valence electrons. The first-order chi connectivity index (χ1) is 11.8. The van der Waals surface area contributed by atoms with Gasteiger partial charge in [-0.2, -0.15) is 0 Å². The first-order valence-corrected chi connectivity index (χ1v) is 10.7. The topological polar surface area (TPSA) is 75.7 Å². The highest BCUT2D eigenvalue weighted by atomic mass is 32.2. The lowest BCUT2D eigenvalue weighted by molar-refractivity contribution is -0.120. The van der Waals surface area contributed by atoms with Gasteiger partial charge in [0, 0.05) is 24.7 Å². The molecule has 1 aromatic carbocycles. The number of hydrogen-bond acceptors (Lipinski definition) is 4. The fourth-order valence-corrected chi connectivity index (χ4v) is 3.76. The van der Waals surface area contributed by atoms with E-state index in [-0.39, 0.29) is 11.8 Å². The van der Waals surface area contributed by atoms with Gasteiger partial charge in [0.15, 0.2) is 0 Å². The second kappa shape index (κ2) is 8.67. The second-order valence-electron chi connectivity index (χ2n) is 6.60. The molecule has 2 rings (SSSR count). The molecule has 0 aliphatic carbocycles. The van der Waals surface area contributed by atoms with E-state index in [1.165, 1.54) is 10.6 Å². The molecule has 7 heteroatoms. The minimum atomic E-state index is -3.17. The molecule has 0 spiro atoms. The van der Waals surface area contributed by atoms with Crippen LogP contribution in [0.2, 0.25) is 0 Å². The van der Waals surface area contributed by atoms with Crippen LogP contribution >= 0.6 is 0 Å². The van der Waals surface area contributed by atoms with Crippen LogP contribution in [0.1, 0.15) is 38.2 Å². The molecule has 0 atom stereocenters. The van der Waals surface area contributed by atoms with Crippen molar-refractivity contribution in [3.63, 3.8) is 0 Å². The molecule has 0 radical (unpaired) electrons. The van der Waals surface area contributed by atoms with E-state index >= 15 is 0 Å². The van der Waals surface area contributed by atoms with E-state index in [1.54, 1.807) is 0 Å². The third-order valence-corrected chi connectivity index (χ3v) is 5.82. The van der Waals surface area contributed by atoms with Crippen LogP contribution in [-0.4, -0.2) is 44.6 Å². The van der Waals surface area contributed by atoms with Crippen molar-refractivity contribution in [2.75, 3.05) is 31.3 Å². The van der Waals surface area contributed by atoms with Crippen molar-refractivity contribution in [1.29, 1.82) is 0 Å². The zero-order chi connectivity index (χ0) is 18.4. The smallest absolute Gasteiger partial charge is 0.227 e. The van der Waals surface area contributed by atoms with Gasteiger partial charge in [0.1, 0.15) is 5.75 Å². The van der Waals surface area contributed by atoms with Gasteiger partial charge in [0.05, 0.1) is 12.9 Å². The number of aryl methyl sites for hydroxylation is 1. The Hall–Kier alpha value is -1.60. The van der Waals surface area contributed by atoms with Crippen molar-refractivity contribution in [3.8, 4) is 5.75 Å². The maximum Gasteiger partial charge on any atom is 0.227 e. The number of sulfonamides is 1. The van der Waals surface area contributed by atoms with E-state index in [1.807, 2.05) is 25.1 Å². The molecule has 0 saturated carbocycles. The number of anilines is 1. The molecule has 0 bridgehead atoms. The SMILES string of the molecule is CCCCOc1ccc(NC(=O)C2CCN(S(C)(=O)=O)CC2)c(C)c1. The average Bonchev–Trinajstić information content (AvgIpc) is 2.57. The number of amides is 1. The summed E-state index contributed by atoms with van der Waals surface area (Å²) in [7, 11) is -3.17. The van der Waals surface area contributed by atoms with Gasteiger partial charge in [-0.15, -0.1) is 0 Å². The first-order valence-electron chi connectivity index (χ1n) is 8.80. The Balaban J connectivity index is 1.90. The van der Waals surface area contributed by atoms with Crippen molar-refractivity contribution < 1.29 is 17.9 Å². The van der Waals surface area contributed by atoms with Gasteiger partial charge < -0.3 is 10.1 Å². The molecule has 0 unspecified atom stereocenters. The lowest BCUT2D eigenvalue weighted by Crippen LogP contribution is -2.40. The summed E-state index contributed by atoms with van der Waals surface area (Å²) in [6.07, 6.45) is 4.42. The van der Waals surface area contributed by atoms with Crippen LogP contribution in [0.4, 0.5) is 5.69 Å². The first kappa shape index (κ1) is 19.7. The molecule has 25 heavy (non-hydrogen) atoms. The van der Waals surface area contributed by atoms with Crippen LogP contribution < -0.4 is 10.1 Å². The van der Waals surface area contributed by atoms with Gasteiger partial charge in [0.2, 0.25) is 15.9 Å². The van der Waals surface area contributed by atoms with E-state index < -0.39 is 10.0 Å². The highest BCUT2D eigenvalue weighted by Crippen LogP contribution is 2.25. The van der Waals surface area contributed by atoms with Crippen LogP contribution in [-0.2, 0) is 14.8 Å². The molecule has 1 amide bonds. The quantitative estimate of drug-likeness (QED) is 0.751. The van der Waals surface area contributed by atoms with Gasteiger partial charge in [-0.3, -0.25) is 4.79 Å². The number of benzene rings is 1. The minimum absolute atomic E-state index is 0.0455. The second-order valence-corrected chi connectivity index (χ2v) is 8.59. The summed E-state index contributed by atoms with van der Waals surface area (Å²) in [6.45, 7) is 5.56. The molecule has 1 N–H and O–H groups in total. The predicted molar refractivity (Wildman–Crippen MR) is 99.4 cm³/mol. The third-order valence-electron chi connectivity index (χ3n) is 4.52. The molecule has 1 saturated heterocycles. The summed E-state index contributed by atoms with van der Waals surface area (Å²) in [5.41, 5.74) is 1.73. The molecule has 0 aromatic heterocycles. The summed E-state index contributed by atoms with van der Waals surface area (Å²) < 4.78 is 30.2. The Labute approximate surface area is 150 Å². The molecule has 6 nitrogen and oxygen atoms in total. The van der Waals surface area contributed by atoms with Crippen LogP contribution in [0.25, 0.3) is 0 Å². The Morgan fingerprint density at radius 2 is 2.00 bits per heavy atom. The molecule has 1 aromatic rings. The van der Waals surface area contributed by atoms with Crippen LogP contribution in [0.5, 0.6) is 5.75 Å². The van der Waals surface area contributed by atoms with E-state index in [4.69, 9.17) is 4.74 Å². The number of nitrogens with zero attached hydrogens (tertiary/aromatic N) is 1. The van der Waals surface area contributed by atoms with Gasteiger partial charge in [-0.1, -0.05) is 13.3 Å². The third kappa shape index (κ3) is 5.71. The fourth-order valence-electron chi connectivity index (χ4n) is 2.88. The normalized spacial score (nSPS) is 16.6. The summed E-state index contributed by atoms with van der Waals surface area (Å²) in [5.74, 6) is 0.610. The lowest BCUT2D eigenvalue weighted by Gasteiger charge is -2.29. The minimum Gasteiger partial charge on any atom is -0.494 e. The maximum absolute atomic E-state index is 12.5. The number of ether oxygens (including phenoxy) is 1. The monoisotopic (exact) mass is 368 g/mol. The van der Waals surface area contributed by atoms with E-state index in [2.05, 4.69) is 12.2 Å². The van der Waals surface area contributed by atoms with Gasteiger partial charge >= 0.3 is 0 Å². The summed E-state index contributed by atoms with van der Waals surface area (Å²) in [6, 6.07) is 5.65. The molecule has 1 aliphatic rings. The number of carbonyl (C=O) groups is 1. The van der Waals surface area contributed by atoms with Crippen LogP contribution in [0, 0.1) is 12.8 Å². The standard InChI is InChI=1S/C18H28N2O4S/c1-4-5-12-24-16-6-7-17(14(2)13-16)19-18(21)15-8-10-20(11-9-15)25(3,22)23/h6-7,13,15H,4-5,8-12H2,1-3H3,(H,19,21). The number of hydrogen-bond donors (Lipinski definition) is 1. The molecule has 1 aliphatic heterocycles. The Kier molecular flexibility index (Phi) is 6.84. The van der Waals surface area contributed by atoms with E-state index in [0.29, 0.717) is 32.5 Å². The zero-order valence-electron chi connectivity index (χ0n) is 15.2. The molecule has 1 fully saturated rings. The van der Waals surface area contributed by atoms with E-state index in [0.717, 1.165) is 29.8 Å². The lowest BCUT2D eigenvalue weighted by atomic mass is 9.97. The van der Waals surface area contributed by atoms with E-state index in [9.17, 15) is 13.2 Å². The molecular weight excluding hydrogens is 340 g/mol. The highest BCUT2D eigenvalue weighted by Gasteiger charge is 2.29. The zero-order valence-corrected chi connectivity index (χ0v) is 16.1. The highest BCUT2D eigenvalue weighted by molar-refractivity contribution is 7.88. The molecular formula is C18H28N2O4S. The average molecular weight is 368 g/mol. The predicted octanol–water partition coefficient (Wildman–Crippen LogP) is 2.78. The Morgan fingerprint density at radius 3 is 2.56 bits per heavy atom. The van der Waals surface area contributed by atoms with Crippen molar-refractivity contribution in [3.05, 3.63) is 23.8 Å². The summed E-state index contributed by atoms with van der Waals surface area (Å²) >= 11 is 0. The van der Waals surface area contributed by atoms with Gasteiger partial charge in [-0.05, 0) is 49.9 Å². The fraction of sp³-hybridized carbons (Fsp3) is 0.611. The maximum atomic E-state index is 12.5. The largest absolute Gasteiger partial charge is 0.494 e. The van der Waals surface area contributed by atoms with Crippen molar-refractivity contribution in [2.24, 2.45) is 5.92 Å². The Morgan fingerprint density at radius 1 is 1.32 bits per heavy atom. The summed E-state index contributed by atoms with van der Waals surface area (Å²) in [5, 5.41) is 2.97. The van der Waals surface area contributed by atoms with Crippen molar-refractivity contribution in [1.82, 2.24) is 4.31 Å².